The third kappa shape index (κ3) is 3.76. The largest absolute Gasteiger partial charge is 0.497 e. The zero-order valence-corrected chi connectivity index (χ0v) is 15.8. The van der Waals surface area contributed by atoms with Gasteiger partial charge in [-0.1, -0.05) is 6.42 Å². The van der Waals surface area contributed by atoms with Gasteiger partial charge >= 0.3 is 0 Å². The zero-order chi connectivity index (χ0) is 18.8. The van der Waals surface area contributed by atoms with E-state index in [9.17, 15) is 4.79 Å². The molecular formula is C21H25N3O3. The SMILES string of the molecule is COc1ccc2nc3oc(C(=O)NCCN4CCCCC4C)cc3cc2c1. The van der Waals surface area contributed by atoms with Crippen molar-refractivity contribution in [3.05, 3.63) is 36.1 Å². The zero-order valence-electron chi connectivity index (χ0n) is 15.8. The van der Waals surface area contributed by atoms with Crippen LogP contribution in [0.2, 0.25) is 0 Å². The Hall–Kier alpha value is -2.60. The summed E-state index contributed by atoms with van der Waals surface area (Å²) in [6, 6.07) is 9.98. The van der Waals surface area contributed by atoms with Crippen LogP contribution in [0.5, 0.6) is 5.75 Å². The first-order valence-electron chi connectivity index (χ1n) is 9.54. The Morgan fingerprint density at radius 3 is 3.00 bits per heavy atom. The Morgan fingerprint density at radius 1 is 1.30 bits per heavy atom. The van der Waals surface area contributed by atoms with Crippen molar-refractivity contribution in [2.24, 2.45) is 0 Å². The van der Waals surface area contributed by atoms with Crippen molar-refractivity contribution < 1.29 is 13.9 Å². The summed E-state index contributed by atoms with van der Waals surface area (Å²) >= 11 is 0. The second kappa shape index (κ2) is 7.56. The third-order valence-electron chi connectivity index (χ3n) is 5.36. The average molecular weight is 367 g/mol. The molecule has 0 radical (unpaired) electrons. The Balaban J connectivity index is 1.46. The first-order chi connectivity index (χ1) is 13.1. The van der Waals surface area contributed by atoms with E-state index >= 15 is 0 Å². The molecule has 1 atom stereocenters. The summed E-state index contributed by atoms with van der Waals surface area (Å²) < 4.78 is 11.0. The van der Waals surface area contributed by atoms with Crippen molar-refractivity contribution in [2.75, 3.05) is 26.7 Å². The molecule has 4 rings (SSSR count). The number of carbonyl (C=O) groups is 1. The van der Waals surface area contributed by atoms with Gasteiger partial charge in [0, 0.05) is 29.9 Å². The lowest BCUT2D eigenvalue weighted by Gasteiger charge is -2.33. The number of furan rings is 1. The van der Waals surface area contributed by atoms with E-state index in [2.05, 4.69) is 22.1 Å². The number of nitrogens with zero attached hydrogens (tertiary/aromatic N) is 2. The van der Waals surface area contributed by atoms with Crippen LogP contribution < -0.4 is 10.1 Å². The molecule has 27 heavy (non-hydrogen) atoms. The molecule has 1 unspecified atom stereocenters. The number of likely N-dealkylation sites (tertiary alicyclic amines) is 1. The van der Waals surface area contributed by atoms with E-state index in [1.807, 2.05) is 24.3 Å². The van der Waals surface area contributed by atoms with Crippen molar-refractivity contribution in [1.29, 1.82) is 0 Å². The summed E-state index contributed by atoms with van der Waals surface area (Å²) in [7, 11) is 1.64. The molecule has 0 aliphatic carbocycles. The summed E-state index contributed by atoms with van der Waals surface area (Å²) in [4.78, 5) is 19.4. The fourth-order valence-electron chi connectivity index (χ4n) is 3.74. The lowest BCUT2D eigenvalue weighted by Crippen LogP contribution is -2.42. The first-order valence-corrected chi connectivity index (χ1v) is 9.54. The minimum Gasteiger partial charge on any atom is -0.497 e. The molecule has 142 valence electrons. The Morgan fingerprint density at radius 2 is 2.19 bits per heavy atom. The number of nitrogens with one attached hydrogen (secondary N) is 1. The van der Waals surface area contributed by atoms with Gasteiger partial charge in [-0.2, -0.15) is 0 Å². The van der Waals surface area contributed by atoms with Gasteiger partial charge in [-0.25, -0.2) is 4.98 Å². The lowest BCUT2D eigenvalue weighted by atomic mass is 10.0. The Labute approximate surface area is 158 Å². The minimum atomic E-state index is -0.195. The van der Waals surface area contributed by atoms with Gasteiger partial charge < -0.3 is 14.5 Å². The number of methoxy groups -OCH3 is 1. The van der Waals surface area contributed by atoms with Crippen LogP contribution in [0, 0.1) is 0 Å². The van der Waals surface area contributed by atoms with Gasteiger partial charge in [-0.05, 0) is 56.6 Å². The van der Waals surface area contributed by atoms with Crippen LogP contribution in [-0.4, -0.2) is 48.6 Å². The van der Waals surface area contributed by atoms with Crippen molar-refractivity contribution in [1.82, 2.24) is 15.2 Å². The molecule has 1 saturated heterocycles. The van der Waals surface area contributed by atoms with E-state index in [0.717, 1.165) is 35.1 Å². The van der Waals surface area contributed by atoms with Crippen molar-refractivity contribution in [2.45, 2.75) is 32.2 Å². The van der Waals surface area contributed by atoms with Crippen LogP contribution in [0.3, 0.4) is 0 Å². The van der Waals surface area contributed by atoms with Crippen LogP contribution in [-0.2, 0) is 0 Å². The van der Waals surface area contributed by atoms with Gasteiger partial charge in [0.15, 0.2) is 5.76 Å². The molecule has 1 aliphatic rings. The number of ether oxygens (including phenoxy) is 1. The summed E-state index contributed by atoms with van der Waals surface area (Å²) in [5.41, 5.74) is 1.28. The minimum absolute atomic E-state index is 0.195. The number of carbonyl (C=O) groups excluding carboxylic acids is 1. The van der Waals surface area contributed by atoms with Crippen LogP contribution in [0.4, 0.5) is 0 Å². The predicted molar refractivity (Wildman–Crippen MR) is 105 cm³/mol. The molecule has 0 bridgehead atoms. The smallest absolute Gasteiger partial charge is 0.287 e. The third-order valence-corrected chi connectivity index (χ3v) is 5.36. The molecule has 1 amide bonds. The van der Waals surface area contributed by atoms with E-state index in [1.54, 1.807) is 13.2 Å². The fourth-order valence-corrected chi connectivity index (χ4v) is 3.74. The lowest BCUT2D eigenvalue weighted by molar-refractivity contribution is 0.0913. The highest BCUT2D eigenvalue weighted by Gasteiger charge is 2.18. The number of aromatic nitrogens is 1. The van der Waals surface area contributed by atoms with Crippen LogP contribution in [0.15, 0.2) is 34.7 Å². The maximum atomic E-state index is 12.5. The quantitative estimate of drug-likeness (QED) is 0.746. The van der Waals surface area contributed by atoms with Crippen LogP contribution in [0.25, 0.3) is 22.0 Å². The van der Waals surface area contributed by atoms with Crippen molar-refractivity contribution in [3.8, 4) is 5.75 Å². The topological polar surface area (TPSA) is 67.6 Å². The van der Waals surface area contributed by atoms with Crippen molar-refractivity contribution in [3.63, 3.8) is 0 Å². The van der Waals surface area contributed by atoms with Gasteiger partial charge in [-0.15, -0.1) is 0 Å². The molecule has 1 N–H and O–H groups in total. The number of hydrogen-bond donors (Lipinski definition) is 1. The Bertz CT molecular complexity index is 966. The van der Waals surface area contributed by atoms with E-state index in [4.69, 9.17) is 9.15 Å². The molecule has 1 aromatic carbocycles. The highest BCUT2D eigenvalue weighted by Crippen LogP contribution is 2.25. The number of pyridine rings is 1. The van der Waals surface area contributed by atoms with Gasteiger partial charge in [-0.3, -0.25) is 9.69 Å². The Kier molecular flexibility index (Phi) is 4.99. The number of fused-ring (bicyclic) bond motifs is 2. The second-order valence-corrected chi connectivity index (χ2v) is 7.19. The normalized spacial score (nSPS) is 18.1. The average Bonchev–Trinajstić information content (AvgIpc) is 3.10. The van der Waals surface area contributed by atoms with E-state index in [1.165, 1.54) is 19.3 Å². The fraction of sp³-hybridized carbons (Fsp3) is 0.429. The number of amides is 1. The molecular weight excluding hydrogens is 342 g/mol. The molecule has 6 nitrogen and oxygen atoms in total. The van der Waals surface area contributed by atoms with Crippen LogP contribution in [0.1, 0.15) is 36.7 Å². The highest BCUT2D eigenvalue weighted by atomic mass is 16.5. The molecule has 3 aromatic rings. The van der Waals surface area contributed by atoms with E-state index in [0.29, 0.717) is 24.1 Å². The molecule has 0 spiro atoms. The molecule has 1 aliphatic heterocycles. The van der Waals surface area contributed by atoms with Crippen LogP contribution >= 0.6 is 0 Å². The molecule has 2 aromatic heterocycles. The van der Waals surface area contributed by atoms with Gasteiger partial charge in [0.25, 0.3) is 5.91 Å². The monoisotopic (exact) mass is 367 g/mol. The number of rotatable bonds is 5. The van der Waals surface area contributed by atoms with Crippen molar-refractivity contribution >= 4 is 27.9 Å². The standard InChI is InChI=1S/C21H25N3O3/c1-14-5-3-4-9-24(14)10-8-22-20(25)19-13-16-11-15-12-17(26-2)6-7-18(15)23-21(16)27-19/h6-7,11-14H,3-5,8-10H2,1-2H3,(H,22,25). The number of hydrogen-bond acceptors (Lipinski definition) is 5. The van der Waals surface area contributed by atoms with E-state index < -0.39 is 0 Å². The number of benzene rings is 1. The molecule has 3 heterocycles. The summed E-state index contributed by atoms with van der Waals surface area (Å²) in [5, 5.41) is 4.73. The maximum Gasteiger partial charge on any atom is 0.287 e. The first kappa shape index (κ1) is 17.8. The van der Waals surface area contributed by atoms with Gasteiger partial charge in [0.2, 0.25) is 5.71 Å². The number of piperidine rings is 1. The molecule has 6 heteroatoms. The summed E-state index contributed by atoms with van der Waals surface area (Å²) in [6.07, 6.45) is 3.78. The van der Waals surface area contributed by atoms with E-state index in [-0.39, 0.29) is 5.91 Å². The summed E-state index contributed by atoms with van der Waals surface area (Å²) in [6.45, 7) is 4.86. The van der Waals surface area contributed by atoms with Gasteiger partial charge in [0.05, 0.1) is 12.6 Å². The van der Waals surface area contributed by atoms with Gasteiger partial charge in [0.1, 0.15) is 5.75 Å². The highest BCUT2D eigenvalue weighted by molar-refractivity contribution is 5.98. The predicted octanol–water partition coefficient (Wildman–Crippen LogP) is 3.59. The molecule has 1 fully saturated rings. The molecule has 0 saturated carbocycles. The second-order valence-electron chi connectivity index (χ2n) is 7.19. The summed E-state index contributed by atoms with van der Waals surface area (Å²) in [5.74, 6) is 0.878. The maximum absolute atomic E-state index is 12.5.